The number of hydrogen-bond donors (Lipinski definition) is 1. The van der Waals surface area contributed by atoms with Gasteiger partial charge >= 0.3 is 0 Å². The summed E-state index contributed by atoms with van der Waals surface area (Å²) < 4.78 is 22.2. The normalized spacial score (nSPS) is 11.1. The van der Waals surface area contributed by atoms with Crippen molar-refractivity contribution >= 4 is 25.6 Å². The van der Waals surface area contributed by atoms with Crippen molar-refractivity contribution < 1.29 is 13.2 Å². The smallest absolute Gasteiger partial charge is 0.261 e. The van der Waals surface area contributed by atoms with Crippen LogP contribution in [0.3, 0.4) is 0 Å². The molecular formula is C14H13ClN2O3S. The van der Waals surface area contributed by atoms with E-state index in [0.29, 0.717) is 18.5 Å². The summed E-state index contributed by atoms with van der Waals surface area (Å²) in [6, 6.07) is 9.61. The van der Waals surface area contributed by atoms with Crippen molar-refractivity contribution in [2.75, 3.05) is 6.54 Å². The monoisotopic (exact) mass is 324 g/mol. The molecule has 1 N–H and O–H groups in total. The maximum Gasteiger partial charge on any atom is 0.261 e. The molecule has 0 aliphatic carbocycles. The van der Waals surface area contributed by atoms with Crippen LogP contribution in [-0.2, 0) is 15.5 Å². The number of aromatic nitrogens is 1. The summed E-state index contributed by atoms with van der Waals surface area (Å²) in [5.41, 5.74) is 1.41. The van der Waals surface area contributed by atoms with Crippen molar-refractivity contribution in [3.63, 3.8) is 0 Å². The zero-order valence-electron chi connectivity index (χ0n) is 11.0. The number of benzene rings is 1. The van der Waals surface area contributed by atoms with Gasteiger partial charge in [0.2, 0.25) is 0 Å². The third-order valence-corrected chi connectivity index (χ3v) is 4.20. The lowest BCUT2D eigenvalue weighted by atomic mass is 10.1. The highest BCUT2D eigenvalue weighted by Crippen LogP contribution is 2.15. The summed E-state index contributed by atoms with van der Waals surface area (Å²) >= 11 is 0. The molecule has 0 unspecified atom stereocenters. The molecular weight excluding hydrogens is 312 g/mol. The number of carbonyl (C=O) groups is 1. The molecule has 0 radical (unpaired) electrons. The molecule has 5 nitrogen and oxygen atoms in total. The second kappa shape index (κ2) is 6.69. The number of amides is 1. The summed E-state index contributed by atoms with van der Waals surface area (Å²) in [5, 5.41) is 2.77. The highest BCUT2D eigenvalue weighted by atomic mass is 35.7. The highest BCUT2D eigenvalue weighted by molar-refractivity contribution is 8.13. The Morgan fingerprint density at radius 1 is 1.19 bits per heavy atom. The van der Waals surface area contributed by atoms with Gasteiger partial charge in [0.25, 0.3) is 15.0 Å². The molecule has 0 spiro atoms. The van der Waals surface area contributed by atoms with Crippen LogP contribution in [0.1, 0.15) is 15.9 Å². The molecule has 0 aliphatic heterocycles. The Kier molecular flexibility index (Phi) is 4.93. The van der Waals surface area contributed by atoms with Gasteiger partial charge in [0.05, 0.1) is 10.5 Å². The van der Waals surface area contributed by atoms with Crippen molar-refractivity contribution in [3.05, 3.63) is 59.9 Å². The molecule has 2 rings (SSSR count). The first kappa shape index (κ1) is 15.5. The Balaban J connectivity index is 1.88. The van der Waals surface area contributed by atoms with E-state index in [9.17, 15) is 13.2 Å². The van der Waals surface area contributed by atoms with Crippen molar-refractivity contribution in [2.24, 2.45) is 0 Å². The zero-order chi connectivity index (χ0) is 15.3. The maximum atomic E-state index is 11.8. The predicted molar refractivity (Wildman–Crippen MR) is 79.8 cm³/mol. The molecule has 0 atom stereocenters. The molecule has 0 fully saturated rings. The third kappa shape index (κ3) is 4.54. The van der Waals surface area contributed by atoms with Gasteiger partial charge in [-0.05, 0) is 36.2 Å². The van der Waals surface area contributed by atoms with E-state index in [1.165, 1.54) is 18.3 Å². The van der Waals surface area contributed by atoms with Gasteiger partial charge < -0.3 is 5.32 Å². The van der Waals surface area contributed by atoms with Crippen LogP contribution in [0.2, 0.25) is 0 Å². The maximum absolute atomic E-state index is 11.8. The second-order valence-corrected chi connectivity index (χ2v) is 6.90. The van der Waals surface area contributed by atoms with E-state index < -0.39 is 9.05 Å². The van der Waals surface area contributed by atoms with Crippen LogP contribution in [0.5, 0.6) is 0 Å². The van der Waals surface area contributed by atoms with Crippen LogP contribution < -0.4 is 5.32 Å². The van der Waals surface area contributed by atoms with E-state index in [4.69, 9.17) is 10.7 Å². The van der Waals surface area contributed by atoms with Crippen LogP contribution >= 0.6 is 10.7 Å². The SMILES string of the molecule is O=C(NCCc1ccc(S(=O)(=O)Cl)cc1)c1cccnc1. The molecule has 2 aromatic rings. The minimum absolute atomic E-state index is 0.0623. The minimum Gasteiger partial charge on any atom is -0.352 e. The van der Waals surface area contributed by atoms with Crippen LogP contribution in [0.4, 0.5) is 0 Å². The first-order valence-corrected chi connectivity index (χ1v) is 8.49. The highest BCUT2D eigenvalue weighted by Gasteiger charge is 2.09. The second-order valence-electron chi connectivity index (χ2n) is 4.33. The average molecular weight is 325 g/mol. The third-order valence-electron chi connectivity index (χ3n) is 2.83. The summed E-state index contributed by atoms with van der Waals surface area (Å²) in [5.74, 6) is -0.192. The largest absolute Gasteiger partial charge is 0.352 e. The lowest BCUT2D eigenvalue weighted by Gasteiger charge is -2.05. The quantitative estimate of drug-likeness (QED) is 0.853. The van der Waals surface area contributed by atoms with Gasteiger partial charge in [-0.25, -0.2) is 8.42 Å². The molecule has 1 aromatic carbocycles. The summed E-state index contributed by atoms with van der Waals surface area (Å²) in [6.07, 6.45) is 3.69. The Labute approximate surface area is 127 Å². The number of halogens is 1. The molecule has 1 aromatic heterocycles. The number of nitrogens with one attached hydrogen (secondary N) is 1. The topological polar surface area (TPSA) is 76.1 Å². The molecule has 7 heteroatoms. The van der Waals surface area contributed by atoms with Crippen molar-refractivity contribution in [2.45, 2.75) is 11.3 Å². The predicted octanol–water partition coefficient (Wildman–Crippen LogP) is 1.98. The van der Waals surface area contributed by atoms with Gasteiger partial charge in [0.15, 0.2) is 0 Å². The van der Waals surface area contributed by atoms with E-state index in [-0.39, 0.29) is 10.8 Å². The van der Waals surface area contributed by atoms with E-state index >= 15 is 0 Å². The number of carbonyl (C=O) groups excluding carboxylic acids is 1. The van der Waals surface area contributed by atoms with Crippen LogP contribution in [0.15, 0.2) is 53.7 Å². The number of pyridine rings is 1. The van der Waals surface area contributed by atoms with Gasteiger partial charge in [0, 0.05) is 29.6 Å². The lowest BCUT2D eigenvalue weighted by molar-refractivity contribution is 0.0954. The van der Waals surface area contributed by atoms with Crippen molar-refractivity contribution in [1.29, 1.82) is 0 Å². The van der Waals surface area contributed by atoms with E-state index in [0.717, 1.165) is 5.56 Å². The molecule has 21 heavy (non-hydrogen) atoms. The van der Waals surface area contributed by atoms with Gasteiger partial charge in [-0.3, -0.25) is 9.78 Å². The van der Waals surface area contributed by atoms with Gasteiger partial charge in [-0.15, -0.1) is 0 Å². The number of rotatable bonds is 5. The fourth-order valence-corrected chi connectivity index (χ4v) is 2.51. The zero-order valence-corrected chi connectivity index (χ0v) is 12.6. The van der Waals surface area contributed by atoms with E-state index in [2.05, 4.69) is 10.3 Å². The first-order chi connectivity index (χ1) is 9.97. The molecule has 1 amide bonds. The summed E-state index contributed by atoms with van der Waals surface area (Å²) in [7, 11) is 1.54. The van der Waals surface area contributed by atoms with Gasteiger partial charge in [-0.1, -0.05) is 12.1 Å². The minimum atomic E-state index is -3.69. The Morgan fingerprint density at radius 2 is 1.90 bits per heavy atom. The van der Waals surface area contributed by atoms with Crippen LogP contribution in [-0.4, -0.2) is 25.9 Å². The van der Waals surface area contributed by atoms with Crippen LogP contribution in [0.25, 0.3) is 0 Å². The van der Waals surface area contributed by atoms with Gasteiger partial charge in [0.1, 0.15) is 0 Å². The summed E-state index contributed by atoms with van der Waals surface area (Å²) in [4.78, 5) is 15.7. The van der Waals surface area contributed by atoms with E-state index in [1.54, 1.807) is 30.5 Å². The molecule has 0 bridgehead atoms. The molecule has 110 valence electrons. The number of nitrogens with zero attached hydrogens (tertiary/aromatic N) is 1. The molecule has 0 saturated heterocycles. The Bertz CT molecular complexity index is 716. The molecule has 1 heterocycles. The van der Waals surface area contributed by atoms with Crippen molar-refractivity contribution in [3.8, 4) is 0 Å². The number of hydrogen-bond acceptors (Lipinski definition) is 4. The fourth-order valence-electron chi connectivity index (χ4n) is 1.74. The first-order valence-electron chi connectivity index (χ1n) is 6.18. The Hall–Kier alpha value is -1.92. The van der Waals surface area contributed by atoms with Gasteiger partial charge in [-0.2, -0.15) is 0 Å². The molecule has 0 aliphatic rings. The Morgan fingerprint density at radius 3 is 2.48 bits per heavy atom. The average Bonchev–Trinajstić information content (AvgIpc) is 2.47. The standard InChI is InChI=1S/C14H13ClN2O3S/c15-21(19,20)13-5-3-11(4-6-13)7-9-17-14(18)12-2-1-8-16-10-12/h1-6,8,10H,7,9H2,(H,17,18). The van der Waals surface area contributed by atoms with E-state index in [1.807, 2.05) is 0 Å². The fraction of sp³-hybridized carbons (Fsp3) is 0.143. The molecule has 0 saturated carbocycles. The summed E-state index contributed by atoms with van der Waals surface area (Å²) in [6.45, 7) is 0.445. The lowest BCUT2D eigenvalue weighted by Crippen LogP contribution is -2.25. The van der Waals surface area contributed by atoms with Crippen LogP contribution in [0, 0.1) is 0 Å². The van der Waals surface area contributed by atoms with Crippen molar-refractivity contribution in [1.82, 2.24) is 10.3 Å².